The highest BCUT2D eigenvalue weighted by Crippen LogP contribution is 2.23. The molecule has 3 aromatic rings. The van der Waals surface area contributed by atoms with E-state index in [1.807, 2.05) is 99.6 Å². The predicted molar refractivity (Wildman–Crippen MR) is 154 cm³/mol. The summed E-state index contributed by atoms with van der Waals surface area (Å²) in [6.07, 6.45) is 0.431. The van der Waals surface area contributed by atoms with Gasteiger partial charge in [0.1, 0.15) is 6.04 Å². The first-order valence-electron chi connectivity index (χ1n) is 11.8. The van der Waals surface area contributed by atoms with Crippen LogP contribution < -0.4 is 5.32 Å². The zero-order chi connectivity index (χ0) is 26.1. The SMILES string of the molecule is CC(C)(C)NC(=O)[C@H](Cc1ccccc1)N(Cc1ccc(Br)cc1)C(=O)CSCc1ccccc1Cl. The van der Waals surface area contributed by atoms with Gasteiger partial charge in [0.15, 0.2) is 0 Å². The zero-order valence-electron chi connectivity index (χ0n) is 20.8. The van der Waals surface area contributed by atoms with E-state index < -0.39 is 11.6 Å². The van der Waals surface area contributed by atoms with Crippen molar-refractivity contribution in [2.24, 2.45) is 0 Å². The predicted octanol–water partition coefficient (Wildman–Crippen LogP) is 6.89. The molecule has 7 heteroatoms. The highest BCUT2D eigenvalue weighted by atomic mass is 79.9. The van der Waals surface area contributed by atoms with Crippen LogP contribution in [-0.4, -0.2) is 34.0 Å². The number of nitrogens with one attached hydrogen (secondary N) is 1. The van der Waals surface area contributed by atoms with Crippen molar-refractivity contribution in [3.05, 3.63) is 105 Å². The second-order valence-corrected chi connectivity index (χ2v) is 12.0. The molecular weight excluding hydrogens is 556 g/mol. The first kappa shape index (κ1) is 28.3. The molecule has 0 saturated heterocycles. The number of hydrogen-bond acceptors (Lipinski definition) is 3. The van der Waals surface area contributed by atoms with E-state index in [0.29, 0.717) is 23.7 Å². The minimum Gasteiger partial charge on any atom is -0.350 e. The molecule has 0 unspecified atom stereocenters. The van der Waals surface area contributed by atoms with E-state index in [-0.39, 0.29) is 17.6 Å². The average molecular weight is 588 g/mol. The third kappa shape index (κ3) is 8.99. The summed E-state index contributed by atoms with van der Waals surface area (Å²) < 4.78 is 0.964. The number of rotatable bonds is 10. The van der Waals surface area contributed by atoms with Gasteiger partial charge >= 0.3 is 0 Å². The number of amides is 2. The highest BCUT2D eigenvalue weighted by molar-refractivity contribution is 9.10. The molecular formula is C29H32BrClN2O2S. The van der Waals surface area contributed by atoms with Gasteiger partial charge in [0.25, 0.3) is 0 Å². The molecule has 0 saturated carbocycles. The molecule has 0 bridgehead atoms. The van der Waals surface area contributed by atoms with Crippen LogP contribution in [0.1, 0.15) is 37.5 Å². The number of benzene rings is 3. The lowest BCUT2D eigenvalue weighted by atomic mass is 10.0. The van der Waals surface area contributed by atoms with Gasteiger partial charge in [-0.1, -0.05) is 88.2 Å². The lowest BCUT2D eigenvalue weighted by Gasteiger charge is -2.34. The van der Waals surface area contributed by atoms with Crippen molar-refractivity contribution in [1.29, 1.82) is 0 Å². The molecule has 190 valence electrons. The quantitative estimate of drug-likeness (QED) is 0.281. The van der Waals surface area contributed by atoms with Crippen LogP contribution in [0.25, 0.3) is 0 Å². The maximum Gasteiger partial charge on any atom is 0.243 e. The molecule has 0 aromatic heterocycles. The van der Waals surface area contributed by atoms with Gasteiger partial charge in [-0.2, -0.15) is 0 Å². The van der Waals surface area contributed by atoms with Crippen LogP contribution in [-0.2, 0) is 28.3 Å². The Bertz CT molecular complexity index is 1150. The molecule has 3 aromatic carbocycles. The molecule has 3 rings (SSSR count). The lowest BCUT2D eigenvalue weighted by molar-refractivity contribution is -0.140. The minimum atomic E-state index is -0.649. The van der Waals surface area contributed by atoms with Crippen LogP contribution >= 0.6 is 39.3 Å². The Hall–Kier alpha value is -2.28. The Kier molecular flexibility index (Phi) is 10.5. The van der Waals surface area contributed by atoms with Crippen molar-refractivity contribution in [2.45, 2.75) is 51.1 Å². The van der Waals surface area contributed by atoms with Gasteiger partial charge in [-0.05, 0) is 55.7 Å². The molecule has 2 amide bonds. The third-order valence-corrected chi connectivity index (χ3v) is 7.34. The van der Waals surface area contributed by atoms with E-state index in [1.165, 1.54) is 11.8 Å². The van der Waals surface area contributed by atoms with Crippen LogP contribution in [0.2, 0.25) is 5.02 Å². The van der Waals surface area contributed by atoms with Gasteiger partial charge in [0.2, 0.25) is 11.8 Å². The molecule has 0 heterocycles. The maximum absolute atomic E-state index is 13.7. The molecule has 4 nitrogen and oxygen atoms in total. The smallest absolute Gasteiger partial charge is 0.243 e. The monoisotopic (exact) mass is 586 g/mol. The summed E-state index contributed by atoms with van der Waals surface area (Å²) in [6.45, 7) is 6.19. The number of hydrogen-bond donors (Lipinski definition) is 1. The fourth-order valence-electron chi connectivity index (χ4n) is 3.74. The summed E-state index contributed by atoms with van der Waals surface area (Å²) in [7, 11) is 0. The number of halogens is 2. The minimum absolute atomic E-state index is 0.0834. The van der Waals surface area contributed by atoms with Crippen molar-refractivity contribution >= 4 is 51.1 Å². The molecule has 0 aliphatic carbocycles. The van der Waals surface area contributed by atoms with Gasteiger partial charge in [-0.25, -0.2) is 0 Å². The van der Waals surface area contributed by atoms with Crippen LogP contribution in [0.15, 0.2) is 83.3 Å². The third-order valence-electron chi connectivity index (χ3n) is 5.48. The largest absolute Gasteiger partial charge is 0.350 e. The Balaban J connectivity index is 1.87. The zero-order valence-corrected chi connectivity index (χ0v) is 24.0. The summed E-state index contributed by atoms with van der Waals surface area (Å²) in [5, 5.41) is 3.79. The van der Waals surface area contributed by atoms with E-state index in [1.54, 1.807) is 4.90 Å². The second-order valence-electron chi connectivity index (χ2n) is 9.68. The van der Waals surface area contributed by atoms with Crippen LogP contribution in [0.5, 0.6) is 0 Å². The van der Waals surface area contributed by atoms with Crippen molar-refractivity contribution in [3.63, 3.8) is 0 Å². The molecule has 0 radical (unpaired) electrons. The molecule has 0 spiro atoms. The standard InChI is InChI=1S/C29H32BrClN2O2S/c1-29(2,3)32-28(35)26(17-21-9-5-4-6-10-21)33(18-22-13-15-24(30)16-14-22)27(34)20-36-19-23-11-7-8-12-25(23)31/h4-16,26H,17-20H2,1-3H3,(H,32,35)/t26-/m0/s1. The van der Waals surface area contributed by atoms with Crippen molar-refractivity contribution < 1.29 is 9.59 Å². The fourth-order valence-corrected chi connectivity index (χ4v) is 5.20. The van der Waals surface area contributed by atoms with E-state index in [9.17, 15) is 9.59 Å². The van der Waals surface area contributed by atoms with Crippen molar-refractivity contribution in [1.82, 2.24) is 10.2 Å². The van der Waals surface area contributed by atoms with E-state index in [4.69, 9.17) is 11.6 Å². The van der Waals surface area contributed by atoms with Crippen molar-refractivity contribution in [2.75, 3.05) is 5.75 Å². The Morgan fingerprint density at radius 3 is 2.22 bits per heavy atom. The van der Waals surface area contributed by atoms with E-state index in [2.05, 4.69) is 21.2 Å². The molecule has 0 aliphatic heterocycles. The first-order chi connectivity index (χ1) is 17.1. The Labute approximate surface area is 231 Å². The molecule has 1 N–H and O–H groups in total. The average Bonchev–Trinajstić information content (AvgIpc) is 2.83. The van der Waals surface area contributed by atoms with Crippen LogP contribution in [0.4, 0.5) is 0 Å². The molecule has 1 atom stereocenters. The molecule has 0 aliphatic rings. The van der Waals surface area contributed by atoms with Gasteiger partial charge in [0.05, 0.1) is 5.75 Å². The number of carbonyl (C=O) groups is 2. The van der Waals surface area contributed by atoms with Crippen LogP contribution in [0, 0.1) is 0 Å². The Morgan fingerprint density at radius 2 is 1.58 bits per heavy atom. The summed E-state index contributed by atoms with van der Waals surface area (Å²) in [5.41, 5.74) is 2.54. The van der Waals surface area contributed by atoms with Crippen LogP contribution in [0.3, 0.4) is 0 Å². The first-order valence-corrected chi connectivity index (χ1v) is 14.2. The fraction of sp³-hybridized carbons (Fsp3) is 0.310. The second kappa shape index (κ2) is 13.3. The summed E-state index contributed by atoms with van der Waals surface area (Å²) >= 11 is 11.3. The normalized spacial score (nSPS) is 12.1. The summed E-state index contributed by atoms with van der Waals surface area (Å²) in [5.74, 6) is 0.623. The summed E-state index contributed by atoms with van der Waals surface area (Å²) in [6, 6.07) is 24.7. The topological polar surface area (TPSA) is 49.4 Å². The number of nitrogens with zero attached hydrogens (tertiary/aromatic N) is 1. The van der Waals surface area contributed by atoms with Gasteiger partial charge in [0, 0.05) is 33.8 Å². The summed E-state index contributed by atoms with van der Waals surface area (Å²) in [4.78, 5) is 29.0. The van der Waals surface area contributed by atoms with Gasteiger partial charge < -0.3 is 10.2 Å². The maximum atomic E-state index is 13.7. The van der Waals surface area contributed by atoms with E-state index in [0.717, 1.165) is 21.2 Å². The number of carbonyl (C=O) groups excluding carboxylic acids is 2. The van der Waals surface area contributed by atoms with E-state index >= 15 is 0 Å². The lowest BCUT2D eigenvalue weighted by Crippen LogP contribution is -2.54. The Morgan fingerprint density at radius 1 is 0.944 bits per heavy atom. The van der Waals surface area contributed by atoms with Crippen molar-refractivity contribution in [3.8, 4) is 0 Å². The highest BCUT2D eigenvalue weighted by Gasteiger charge is 2.32. The number of thioether (sulfide) groups is 1. The molecule has 0 fully saturated rings. The van der Waals surface area contributed by atoms with Gasteiger partial charge in [-0.15, -0.1) is 11.8 Å². The van der Waals surface area contributed by atoms with Gasteiger partial charge in [-0.3, -0.25) is 9.59 Å². The molecule has 36 heavy (non-hydrogen) atoms.